The van der Waals surface area contributed by atoms with Crippen LogP contribution in [0.15, 0.2) is 70.6 Å². The first-order chi connectivity index (χ1) is 13.6. The molecule has 0 N–H and O–H groups in total. The minimum atomic E-state index is -3.59. The molecule has 144 valence electrons. The van der Waals surface area contributed by atoms with Crippen LogP contribution < -0.4 is 4.74 Å². The molecule has 6 heteroatoms. The van der Waals surface area contributed by atoms with Crippen LogP contribution in [0.2, 0.25) is 0 Å². The number of pyridine rings is 1. The number of benzene rings is 2. The van der Waals surface area contributed by atoms with Crippen molar-refractivity contribution in [2.75, 3.05) is 19.6 Å². The van der Waals surface area contributed by atoms with Crippen molar-refractivity contribution < 1.29 is 13.2 Å². The molecule has 3 fully saturated rings. The van der Waals surface area contributed by atoms with Gasteiger partial charge in [0.2, 0.25) is 9.84 Å². The third-order valence-electron chi connectivity index (χ3n) is 5.89. The maximum atomic E-state index is 12.9. The van der Waals surface area contributed by atoms with Crippen LogP contribution in [0.3, 0.4) is 0 Å². The van der Waals surface area contributed by atoms with Crippen molar-refractivity contribution >= 4 is 20.7 Å². The van der Waals surface area contributed by atoms with E-state index in [0.717, 1.165) is 17.7 Å². The Morgan fingerprint density at radius 1 is 0.964 bits per heavy atom. The van der Waals surface area contributed by atoms with Gasteiger partial charge in [0, 0.05) is 18.1 Å². The van der Waals surface area contributed by atoms with Gasteiger partial charge in [-0.1, -0.05) is 30.3 Å². The normalized spacial score (nSPS) is 24.4. The average Bonchev–Trinajstić information content (AvgIpc) is 2.75. The van der Waals surface area contributed by atoms with E-state index in [4.69, 9.17) is 4.74 Å². The highest BCUT2D eigenvalue weighted by Crippen LogP contribution is 2.33. The van der Waals surface area contributed by atoms with Crippen molar-refractivity contribution in [3.05, 3.63) is 60.8 Å². The highest BCUT2D eigenvalue weighted by molar-refractivity contribution is 7.91. The summed E-state index contributed by atoms with van der Waals surface area (Å²) in [5.41, 5.74) is 0.714. The highest BCUT2D eigenvalue weighted by atomic mass is 32.2. The second-order valence-electron chi connectivity index (χ2n) is 7.61. The summed E-state index contributed by atoms with van der Waals surface area (Å²) in [6.45, 7) is 3.29. The molecule has 6 rings (SSSR count). The van der Waals surface area contributed by atoms with Crippen LogP contribution in [0, 0.1) is 5.92 Å². The molecule has 5 nitrogen and oxygen atoms in total. The van der Waals surface area contributed by atoms with E-state index in [9.17, 15) is 8.42 Å². The van der Waals surface area contributed by atoms with Crippen LogP contribution in [0.25, 0.3) is 10.9 Å². The van der Waals surface area contributed by atoms with Crippen molar-refractivity contribution in [2.24, 2.45) is 5.92 Å². The third-order valence-corrected chi connectivity index (χ3v) is 7.62. The zero-order chi connectivity index (χ0) is 19.1. The van der Waals surface area contributed by atoms with Crippen LogP contribution in [-0.2, 0) is 9.84 Å². The molecular formula is C22H22N2O3S. The Morgan fingerprint density at radius 2 is 1.75 bits per heavy atom. The Labute approximate surface area is 164 Å². The summed E-state index contributed by atoms with van der Waals surface area (Å²) in [6.07, 6.45) is 3.99. The molecule has 2 aromatic carbocycles. The second-order valence-corrected chi connectivity index (χ2v) is 9.56. The summed E-state index contributed by atoms with van der Waals surface area (Å²) in [6, 6.07) is 15.9. The van der Waals surface area contributed by atoms with E-state index in [-0.39, 0.29) is 15.9 Å². The zero-order valence-electron chi connectivity index (χ0n) is 15.5. The standard InChI is InChI=1S/C22H22N2O3S/c25-28(26,18-6-2-1-3-7-18)19-13-17-5-4-8-20(22(17)23-14-19)27-21-15-24-11-9-16(21)10-12-24/h1-8,13-14,16,21H,9-12,15H2/t21-/m0/s1. The number of fused-ring (bicyclic) bond motifs is 4. The Hall–Kier alpha value is -2.44. The molecule has 28 heavy (non-hydrogen) atoms. The summed E-state index contributed by atoms with van der Waals surface area (Å²) in [7, 11) is -3.59. The van der Waals surface area contributed by atoms with Gasteiger partial charge in [0.05, 0.1) is 9.79 Å². The van der Waals surface area contributed by atoms with Crippen LogP contribution in [-0.4, -0.2) is 44.0 Å². The minimum absolute atomic E-state index is 0.183. The van der Waals surface area contributed by atoms with Gasteiger partial charge in [-0.2, -0.15) is 0 Å². The van der Waals surface area contributed by atoms with Gasteiger partial charge in [0.1, 0.15) is 17.4 Å². The molecule has 3 aliphatic rings. The number of sulfone groups is 1. The summed E-state index contributed by atoms with van der Waals surface area (Å²) in [5, 5.41) is 0.774. The number of aromatic nitrogens is 1. The Kier molecular flexibility index (Phi) is 4.33. The Morgan fingerprint density at radius 3 is 2.46 bits per heavy atom. The number of hydrogen-bond donors (Lipinski definition) is 0. The van der Waals surface area contributed by atoms with E-state index in [1.807, 2.05) is 18.2 Å². The van der Waals surface area contributed by atoms with E-state index >= 15 is 0 Å². The lowest BCUT2D eigenvalue weighted by atomic mass is 9.86. The van der Waals surface area contributed by atoms with Crippen molar-refractivity contribution in [1.29, 1.82) is 0 Å². The van der Waals surface area contributed by atoms with Crippen molar-refractivity contribution in [2.45, 2.75) is 28.7 Å². The van der Waals surface area contributed by atoms with E-state index in [1.54, 1.807) is 36.4 Å². The molecule has 4 heterocycles. The fraction of sp³-hybridized carbons (Fsp3) is 0.318. The molecule has 0 spiro atoms. The van der Waals surface area contributed by atoms with Crippen molar-refractivity contribution in [1.82, 2.24) is 9.88 Å². The summed E-state index contributed by atoms with van der Waals surface area (Å²) in [4.78, 5) is 7.41. The largest absolute Gasteiger partial charge is 0.487 e. The number of rotatable bonds is 4. The fourth-order valence-electron chi connectivity index (χ4n) is 4.30. The van der Waals surface area contributed by atoms with E-state index in [1.165, 1.54) is 32.1 Å². The minimum Gasteiger partial charge on any atom is -0.487 e. The molecule has 0 radical (unpaired) electrons. The Balaban J connectivity index is 1.49. The number of piperidine rings is 3. The highest BCUT2D eigenvalue weighted by Gasteiger charge is 2.35. The van der Waals surface area contributed by atoms with Gasteiger partial charge in [-0.05, 0) is 56.1 Å². The van der Waals surface area contributed by atoms with Gasteiger partial charge in [0.15, 0.2) is 0 Å². The van der Waals surface area contributed by atoms with Crippen molar-refractivity contribution in [3.8, 4) is 5.75 Å². The number of nitrogens with zero attached hydrogens (tertiary/aromatic N) is 2. The lowest BCUT2D eigenvalue weighted by Gasteiger charge is -2.44. The predicted molar refractivity (Wildman–Crippen MR) is 107 cm³/mol. The topological polar surface area (TPSA) is 59.5 Å². The molecule has 0 aliphatic carbocycles. The maximum absolute atomic E-state index is 12.9. The molecule has 3 aliphatic heterocycles. The molecule has 0 amide bonds. The Bertz CT molecular complexity index is 1110. The van der Waals surface area contributed by atoms with E-state index in [2.05, 4.69) is 9.88 Å². The van der Waals surface area contributed by atoms with Gasteiger partial charge < -0.3 is 4.74 Å². The third kappa shape index (κ3) is 3.06. The molecule has 3 aromatic rings. The summed E-state index contributed by atoms with van der Waals surface area (Å²) in [5.74, 6) is 1.33. The molecule has 3 saturated heterocycles. The predicted octanol–water partition coefficient (Wildman–Crippen LogP) is 3.54. The van der Waals surface area contributed by atoms with Crippen molar-refractivity contribution in [3.63, 3.8) is 0 Å². The van der Waals surface area contributed by atoms with Crippen LogP contribution in [0.5, 0.6) is 5.75 Å². The molecule has 0 unspecified atom stereocenters. The molecular weight excluding hydrogens is 372 g/mol. The first-order valence-corrected chi connectivity index (χ1v) is 11.2. The molecule has 2 bridgehead atoms. The van der Waals surface area contributed by atoms with Crippen LogP contribution in [0.4, 0.5) is 0 Å². The van der Waals surface area contributed by atoms with E-state index < -0.39 is 9.84 Å². The fourth-order valence-corrected chi connectivity index (χ4v) is 5.56. The monoisotopic (exact) mass is 394 g/mol. The summed E-state index contributed by atoms with van der Waals surface area (Å²) >= 11 is 0. The number of hydrogen-bond acceptors (Lipinski definition) is 5. The molecule has 1 atom stereocenters. The second kappa shape index (κ2) is 6.87. The number of para-hydroxylation sites is 1. The van der Waals surface area contributed by atoms with Gasteiger partial charge in [-0.25, -0.2) is 8.42 Å². The van der Waals surface area contributed by atoms with Gasteiger partial charge in [-0.3, -0.25) is 9.88 Å². The molecule has 1 aromatic heterocycles. The van der Waals surface area contributed by atoms with Gasteiger partial charge in [0.25, 0.3) is 0 Å². The number of ether oxygens (including phenoxy) is 1. The zero-order valence-corrected chi connectivity index (χ0v) is 16.3. The first-order valence-electron chi connectivity index (χ1n) is 9.69. The van der Waals surface area contributed by atoms with Gasteiger partial charge in [-0.15, -0.1) is 0 Å². The lowest BCUT2D eigenvalue weighted by Crippen LogP contribution is -2.52. The smallest absolute Gasteiger partial charge is 0.208 e. The van der Waals surface area contributed by atoms with Crippen LogP contribution >= 0.6 is 0 Å². The summed E-state index contributed by atoms with van der Waals surface area (Å²) < 4.78 is 32.1. The van der Waals surface area contributed by atoms with Crippen LogP contribution in [0.1, 0.15) is 12.8 Å². The lowest BCUT2D eigenvalue weighted by molar-refractivity contribution is -0.00710. The first kappa shape index (κ1) is 17.6. The average molecular weight is 394 g/mol. The quantitative estimate of drug-likeness (QED) is 0.677. The van der Waals surface area contributed by atoms with Gasteiger partial charge >= 0.3 is 0 Å². The SMILES string of the molecule is O=S(=O)(c1ccccc1)c1cnc2c(O[C@H]3CN4CCC3CC4)cccc2c1. The van der Waals surface area contributed by atoms with E-state index in [0.29, 0.717) is 11.4 Å². The maximum Gasteiger partial charge on any atom is 0.208 e. The molecule has 0 saturated carbocycles.